The van der Waals surface area contributed by atoms with Crippen molar-refractivity contribution >= 4 is 34.3 Å². The van der Waals surface area contributed by atoms with E-state index < -0.39 is 0 Å². The number of hydrogen-bond acceptors (Lipinski definition) is 8. The smallest absolute Gasteiger partial charge is 0.252 e. The number of amides is 1. The first-order valence-electron chi connectivity index (χ1n) is 14.5. The Morgan fingerprint density at radius 3 is 2.50 bits per heavy atom. The Morgan fingerprint density at radius 2 is 1.82 bits per heavy atom. The predicted octanol–water partition coefficient (Wildman–Crippen LogP) is 3.87. The van der Waals surface area contributed by atoms with Gasteiger partial charge in [-0.15, -0.1) is 0 Å². The van der Waals surface area contributed by atoms with Crippen molar-refractivity contribution in [1.29, 1.82) is 0 Å². The monoisotopic (exact) mass is 547 g/mol. The van der Waals surface area contributed by atoms with Crippen LogP contribution in [0.4, 0.5) is 17.3 Å². The second-order valence-electron chi connectivity index (χ2n) is 10.9. The number of rotatable bonds is 8. The Kier molecular flexibility index (Phi) is 8.54. The molecular formula is C30H41N7O3. The van der Waals surface area contributed by atoms with E-state index in [9.17, 15) is 9.59 Å². The van der Waals surface area contributed by atoms with Gasteiger partial charge in [-0.25, -0.2) is 4.98 Å². The number of likely N-dealkylation sites (N-methyl/N-ethyl adjacent to an activating group) is 1. The van der Waals surface area contributed by atoms with E-state index in [0.29, 0.717) is 23.8 Å². The van der Waals surface area contributed by atoms with Gasteiger partial charge in [-0.05, 0) is 56.8 Å². The molecule has 1 aromatic carbocycles. The second-order valence-corrected chi connectivity index (χ2v) is 10.9. The molecule has 3 heterocycles. The molecule has 0 bridgehead atoms. The van der Waals surface area contributed by atoms with Crippen LogP contribution in [0.3, 0.4) is 0 Å². The molecule has 2 aromatic heterocycles. The molecule has 2 fully saturated rings. The van der Waals surface area contributed by atoms with Crippen LogP contribution in [0.25, 0.3) is 11.0 Å². The van der Waals surface area contributed by atoms with Crippen LogP contribution in [0.5, 0.6) is 5.75 Å². The van der Waals surface area contributed by atoms with E-state index in [0.717, 1.165) is 80.6 Å². The highest BCUT2D eigenvalue weighted by molar-refractivity contribution is 5.80. The topological polar surface area (TPSA) is 105 Å². The van der Waals surface area contributed by atoms with Crippen LogP contribution in [0.15, 0.2) is 35.3 Å². The van der Waals surface area contributed by atoms with Gasteiger partial charge in [0.2, 0.25) is 11.9 Å². The van der Waals surface area contributed by atoms with Crippen molar-refractivity contribution in [2.45, 2.75) is 64.5 Å². The first-order valence-corrected chi connectivity index (χ1v) is 14.5. The van der Waals surface area contributed by atoms with Gasteiger partial charge >= 0.3 is 0 Å². The van der Waals surface area contributed by atoms with Crippen LogP contribution in [-0.4, -0.2) is 71.7 Å². The molecular weight excluding hydrogens is 506 g/mol. The third kappa shape index (κ3) is 5.91. The number of carbonyl (C=O) groups is 1. The van der Waals surface area contributed by atoms with Crippen molar-refractivity contribution in [2.75, 3.05) is 50.6 Å². The number of nitrogens with one attached hydrogen (secondary N) is 2. The minimum absolute atomic E-state index is 0.0239. The lowest BCUT2D eigenvalue weighted by Gasteiger charge is -2.34. The maximum atomic E-state index is 13.4. The number of anilines is 3. The Bertz CT molecular complexity index is 1410. The van der Waals surface area contributed by atoms with E-state index in [4.69, 9.17) is 9.72 Å². The number of aromatic nitrogens is 3. The molecule has 1 amide bonds. The van der Waals surface area contributed by atoms with Crippen molar-refractivity contribution < 1.29 is 9.53 Å². The standard InChI is InChI=1S/C30H41N7O3/c1-5-20-17-28(39)37(22-9-7-21(8-10-22)32-27(38)6-2)29-24(20)19-31-30(34-29)33-25-12-11-23(18-26(25)40-4)36-15-13-35(3)14-16-36/h11-12,17-19,21-22H,5-10,13-16H2,1-4H3,(H,32,38)(H,31,33,34). The van der Waals surface area contributed by atoms with Gasteiger partial charge in [-0.3, -0.25) is 14.2 Å². The SMILES string of the molecule is CCC(=O)NC1CCC(n2c(=O)cc(CC)c3cnc(Nc4ccc(N5CCN(C)CC5)cc4OC)nc32)CC1. The lowest BCUT2D eigenvalue weighted by molar-refractivity contribution is -0.121. The van der Waals surface area contributed by atoms with Gasteiger partial charge in [-0.2, -0.15) is 4.98 Å². The molecule has 5 rings (SSSR count). The number of hydrogen-bond donors (Lipinski definition) is 2. The number of piperazine rings is 1. The van der Waals surface area contributed by atoms with Crippen molar-refractivity contribution in [1.82, 2.24) is 24.8 Å². The Morgan fingerprint density at radius 1 is 1.07 bits per heavy atom. The highest BCUT2D eigenvalue weighted by atomic mass is 16.5. The predicted molar refractivity (Wildman–Crippen MR) is 159 cm³/mol. The molecule has 2 N–H and O–H groups in total. The molecule has 10 nitrogen and oxygen atoms in total. The maximum absolute atomic E-state index is 13.4. The van der Waals surface area contributed by atoms with E-state index in [2.05, 4.69) is 44.6 Å². The lowest BCUT2D eigenvalue weighted by atomic mass is 9.90. The summed E-state index contributed by atoms with van der Waals surface area (Å²) >= 11 is 0. The number of pyridine rings is 1. The van der Waals surface area contributed by atoms with E-state index in [-0.39, 0.29) is 23.6 Å². The van der Waals surface area contributed by atoms with Gasteiger partial charge in [0.05, 0.1) is 12.8 Å². The Balaban J connectivity index is 1.42. The average molecular weight is 548 g/mol. The van der Waals surface area contributed by atoms with Crippen LogP contribution in [-0.2, 0) is 11.2 Å². The van der Waals surface area contributed by atoms with Crippen LogP contribution in [0, 0.1) is 0 Å². The zero-order valence-electron chi connectivity index (χ0n) is 24.1. The maximum Gasteiger partial charge on any atom is 0.252 e. The fourth-order valence-corrected chi connectivity index (χ4v) is 5.86. The normalized spacial score (nSPS) is 19.9. The molecule has 1 saturated heterocycles. The number of methoxy groups -OCH3 is 1. The highest BCUT2D eigenvalue weighted by Crippen LogP contribution is 2.33. The molecule has 1 aliphatic carbocycles. The van der Waals surface area contributed by atoms with Gasteiger partial charge < -0.3 is 25.2 Å². The van der Waals surface area contributed by atoms with Gasteiger partial charge in [-0.1, -0.05) is 13.8 Å². The molecule has 214 valence electrons. The largest absolute Gasteiger partial charge is 0.494 e. The molecule has 0 atom stereocenters. The summed E-state index contributed by atoms with van der Waals surface area (Å²) in [4.78, 5) is 39.5. The quantitative estimate of drug-likeness (QED) is 0.438. The summed E-state index contributed by atoms with van der Waals surface area (Å²) in [6.07, 6.45) is 6.32. The van der Waals surface area contributed by atoms with E-state index in [1.807, 2.05) is 30.7 Å². The van der Waals surface area contributed by atoms with Gasteiger partial charge in [0.15, 0.2) is 0 Å². The zero-order chi connectivity index (χ0) is 28.2. The number of nitrogens with zero attached hydrogens (tertiary/aromatic N) is 5. The van der Waals surface area contributed by atoms with Gasteiger partial charge in [0.1, 0.15) is 11.4 Å². The molecule has 0 radical (unpaired) electrons. The van der Waals surface area contributed by atoms with Crippen LogP contribution < -0.4 is 25.8 Å². The van der Waals surface area contributed by atoms with E-state index >= 15 is 0 Å². The third-order valence-electron chi connectivity index (χ3n) is 8.31. The molecule has 3 aromatic rings. The number of carbonyl (C=O) groups excluding carboxylic acids is 1. The molecule has 2 aliphatic rings. The number of ether oxygens (including phenoxy) is 1. The number of benzene rings is 1. The zero-order valence-corrected chi connectivity index (χ0v) is 24.1. The molecule has 0 unspecified atom stereocenters. The highest BCUT2D eigenvalue weighted by Gasteiger charge is 2.26. The van der Waals surface area contributed by atoms with Crippen LogP contribution >= 0.6 is 0 Å². The average Bonchev–Trinajstić information content (AvgIpc) is 2.98. The fourth-order valence-electron chi connectivity index (χ4n) is 5.86. The summed E-state index contributed by atoms with van der Waals surface area (Å²) in [6, 6.07) is 8.06. The Hall–Kier alpha value is -3.66. The summed E-state index contributed by atoms with van der Waals surface area (Å²) < 4.78 is 7.58. The molecule has 40 heavy (non-hydrogen) atoms. The minimum Gasteiger partial charge on any atom is -0.494 e. The van der Waals surface area contributed by atoms with Crippen LogP contribution in [0.2, 0.25) is 0 Å². The summed E-state index contributed by atoms with van der Waals surface area (Å²) in [7, 11) is 3.81. The van der Waals surface area contributed by atoms with Crippen molar-refractivity contribution in [3.63, 3.8) is 0 Å². The first kappa shape index (κ1) is 27.9. The van der Waals surface area contributed by atoms with Crippen molar-refractivity contribution in [3.8, 4) is 5.75 Å². The number of fused-ring (bicyclic) bond motifs is 1. The minimum atomic E-state index is -0.0378. The molecule has 10 heteroatoms. The van der Waals surface area contributed by atoms with Gasteiger partial charge in [0, 0.05) is 74.1 Å². The fraction of sp³-hybridized carbons (Fsp3) is 0.533. The molecule has 1 aliphatic heterocycles. The third-order valence-corrected chi connectivity index (χ3v) is 8.31. The number of aryl methyl sites for hydroxylation is 1. The lowest BCUT2D eigenvalue weighted by Crippen LogP contribution is -2.44. The molecule has 1 saturated carbocycles. The summed E-state index contributed by atoms with van der Waals surface area (Å²) in [5, 5.41) is 7.34. The summed E-state index contributed by atoms with van der Waals surface area (Å²) in [5.74, 6) is 1.21. The second kappa shape index (κ2) is 12.2. The summed E-state index contributed by atoms with van der Waals surface area (Å²) in [5.41, 5.74) is 3.45. The first-order chi connectivity index (χ1) is 19.4. The van der Waals surface area contributed by atoms with Gasteiger partial charge in [0.25, 0.3) is 5.56 Å². The Labute approximate surface area is 235 Å². The van der Waals surface area contributed by atoms with E-state index in [1.54, 1.807) is 13.2 Å². The summed E-state index contributed by atoms with van der Waals surface area (Å²) in [6.45, 7) is 7.92. The van der Waals surface area contributed by atoms with Crippen molar-refractivity contribution in [2.24, 2.45) is 0 Å². The molecule has 0 spiro atoms. The van der Waals surface area contributed by atoms with E-state index in [1.165, 1.54) is 0 Å². The van der Waals surface area contributed by atoms with Crippen molar-refractivity contribution in [3.05, 3.63) is 46.4 Å². The van der Waals surface area contributed by atoms with Crippen LogP contribution in [0.1, 0.15) is 57.6 Å².